The Bertz CT molecular complexity index is 330. The topological polar surface area (TPSA) is 44.2 Å². The summed E-state index contributed by atoms with van der Waals surface area (Å²) >= 11 is 6.06. The van der Waals surface area contributed by atoms with Crippen molar-refractivity contribution in [3.8, 4) is 0 Å². The van der Waals surface area contributed by atoms with Crippen molar-refractivity contribution in [2.75, 3.05) is 20.8 Å². The molecule has 0 N–H and O–H groups in total. The summed E-state index contributed by atoms with van der Waals surface area (Å²) in [5.41, 5.74) is 0.901. The zero-order chi connectivity index (χ0) is 12.0. The molecule has 0 saturated heterocycles. The van der Waals surface area contributed by atoms with E-state index in [-0.39, 0.29) is 6.10 Å². The fourth-order valence-electron chi connectivity index (χ4n) is 1.39. The Hall–Kier alpha value is -0.710. The molecule has 0 aliphatic carbocycles. The summed E-state index contributed by atoms with van der Waals surface area (Å²) in [7, 11) is 3.30. The molecular formula is C11H17ClN2O2. The van der Waals surface area contributed by atoms with Crippen molar-refractivity contribution >= 4 is 11.6 Å². The molecule has 4 nitrogen and oxygen atoms in total. The van der Waals surface area contributed by atoms with Crippen LogP contribution >= 0.6 is 11.6 Å². The Balaban J connectivity index is 2.81. The molecule has 5 heteroatoms. The third kappa shape index (κ3) is 3.40. The molecule has 1 atom stereocenters. The van der Waals surface area contributed by atoms with Crippen molar-refractivity contribution in [3.05, 3.63) is 22.7 Å². The minimum atomic E-state index is -0.0889. The minimum absolute atomic E-state index is 0.0889. The number of hydrogen-bond donors (Lipinski definition) is 0. The Morgan fingerprint density at radius 3 is 2.69 bits per heavy atom. The van der Waals surface area contributed by atoms with Crippen LogP contribution in [0.15, 0.2) is 6.20 Å². The van der Waals surface area contributed by atoms with Crippen molar-refractivity contribution in [2.24, 2.45) is 0 Å². The highest BCUT2D eigenvalue weighted by atomic mass is 35.5. The third-order valence-corrected chi connectivity index (χ3v) is 2.68. The van der Waals surface area contributed by atoms with Gasteiger partial charge in [-0.05, 0) is 6.42 Å². The molecule has 1 heterocycles. The number of aromatic nitrogens is 2. The first-order valence-electron chi connectivity index (χ1n) is 5.26. The first-order chi connectivity index (χ1) is 7.72. The maximum atomic E-state index is 6.06. The Morgan fingerprint density at radius 2 is 2.19 bits per heavy atom. The van der Waals surface area contributed by atoms with Crippen molar-refractivity contribution in [2.45, 2.75) is 25.9 Å². The van der Waals surface area contributed by atoms with Crippen LogP contribution in [0.3, 0.4) is 0 Å². The molecule has 0 aromatic carbocycles. The SMILES string of the molecule is CC[C@@H](OC)c1ncc(CCOC)c(Cl)n1. The molecule has 0 bridgehead atoms. The Morgan fingerprint density at radius 1 is 1.44 bits per heavy atom. The van der Waals surface area contributed by atoms with E-state index in [4.69, 9.17) is 21.1 Å². The average Bonchev–Trinajstić information content (AvgIpc) is 2.29. The number of halogens is 1. The Labute approximate surface area is 101 Å². The van der Waals surface area contributed by atoms with Crippen LogP contribution in [0, 0.1) is 0 Å². The fraction of sp³-hybridized carbons (Fsp3) is 0.636. The molecule has 1 rings (SSSR count). The minimum Gasteiger partial charge on any atom is -0.384 e. The lowest BCUT2D eigenvalue weighted by Crippen LogP contribution is -2.07. The number of rotatable bonds is 6. The summed E-state index contributed by atoms with van der Waals surface area (Å²) in [6.45, 7) is 2.63. The standard InChI is InChI=1S/C11H17ClN2O2/c1-4-9(16-3)11-13-7-8(5-6-15-2)10(12)14-11/h7,9H,4-6H2,1-3H3/t9-/m1/s1. The van der Waals surface area contributed by atoms with E-state index in [1.165, 1.54) is 0 Å². The van der Waals surface area contributed by atoms with E-state index in [0.717, 1.165) is 18.4 Å². The van der Waals surface area contributed by atoms with E-state index in [0.29, 0.717) is 17.6 Å². The lowest BCUT2D eigenvalue weighted by atomic mass is 10.2. The summed E-state index contributed by atoms with van der Waals surface area (Å²) in [6, 6.07) is 0. The van der Waals surface area contributed by atoms with Gasteiger partial charge in [0.2, 0.25) is 0 Å². The zero-order valence-electron chi connectivity index (χ0n) is 9.86. The van der Waals surface area contributed by atoms with Gasteiger partial charge >= 0.3 is 0 Å². The summed E-state index contributed by atoms with van der Waals surface area (Å²) in [5, 5.41) is 0.484. The maximum Gasteiger partial charge on any atom is 0.158 e. The first-order valence-corrected chi connectivity index (χ1v) is 5.63. The molecule has 1 aromatic heterocycles. The van der Waals surface area contributed by atoms with E-state index in [9.17, 15) is 0 Å². The lowest BCUT2D eigenvalue weighted by molar-refractivity contribution is 0.0925. The van der Waals surface area contributed by atoms with Crippen molar-refractivity contribution < 1.29 is 9.47 Å². The van der Waals surface area contributed by atoms with Gasteiger partial charge in [0.25, 0.3) is 0 Å². The van der Waals surface area contributed by atoms with Crippen LogP contribution in [0.2, 0.25) is 5.15 Å². The van der Waals surface area contributed by atoms with Crippen molar-refractivity contribution in [3.63, 3.8) is 0 Å². The number of hydrogen-bond acceptors (Lipinski definition) is 4. The highest BCUT2D eigenvalue weighted by molar-refractivity contribution is 6.30. The van der Waals surface area contributed by atoms with E-state index >= 15 is 0 Å². The predicted molar refractivity (Wildman–Crippen MR) is 62.7 cm³/mol. The van der Waals surface area contributed by atoms with E-state index in [1.54, 1.807) is 20.4 Å². The third-order valence-electron chi connectivity index (χ3n) is 2.35. The monoisotopic (exact) mass is 244 g/mol. The quantitative estimate of drug-likeness (QED) is 0.721. The molecule has 0 radical (unpaired) electrons. The Kier molecular flexibility index (Phi) is 5.66. The van der Waals surface area contributed by atoms with Gasteiger partial charge in [0, 0.05) is 32.4 Å². The van der Waals surface area contributed by atoms with Crippen LogP contribution in [-0.4, -0.2) is 30.8 Å². The van der Waals surface area contributed by atoms with Crippen LogP contribution in [0.4, 0.5) is 0 Å². The second kappa shape index (κ2) is 6.78. The van der Waals surface area contributed by atoms with Crippen LogP contribution in [0.1, 0.15) is 30.8 Å². The van der Waals surface area contributed by atoms with Crippen LogP contribution in [0.25, 0.3) is 0 Å². The molecule has 0 amide bonds. The van der Waals surface area contributed by atoms with Crippen LogP contribution < -0.4 is 0 Å². The van der Waals surface area contributed by atoms with Crippen molar-refractivity contribution in [1.29, 1.82) is 0 Å². The molecule has 16 heavy (non-hydrogen) atoms. The van der Waals surface area contributed by atoms with Gasteiger partial charge in [-0.1, -0.05) is 18.5 Å². The molecular weight excluding hydrogens is 228 g/mol. The summed E-state index contributed by atoms with van der Waals surface area (Å²) < 4.78 is 10.2. The summed E-state index contributed by atoms with van der Waals surface area (Å²) in [4.78, 5) is 8.50. The largest absolute Gasteiger partial charge is 0.384 e. The number of methoxy groups -OCH3 is 2. The number of nitrogens with zero attached hydrogens (tertiary/aromatic N) is 2. The van der Waals surface area contributed by atoms with Gasteiger partial charge in [-0.2, -0.15) is 0 Å². The van der Waals surface area contributed by atoms with E-state index in [2.05, 4.69) is 9.97 Å². The van der Waals surface area contributed by atoms with Gasteiger partial charge in [-0.3, -0.25) is 0 Å². The van der Waals surface area contributed by atoms with Crippen LogP contribution in [-0.2, 0) is 15.9 Å². The molecule has 1 aromatic rings. The molecule has 0 fully saturated rings. The predicted octanol–water partition coefficient (Wildman–Crippen LogP) is 2.42. The summed E-state index contributed by atoms with van der Waals surface area (Å²) in [6.07, 6.45) is 3.20. The summed E-state index contributed by atoms with van der Waals surface area (Å²) in [5.74, 6) is 0.635. The van der Waals surface area contributed by atoms with E-state index in [1.807, 2.05) is 6.92 Å². The molecule has 0 spiro atoms. The highest BCUT2D eigenvalue weighted by Gasteiger charge is 2.13. The molecule has 90 valence electrons. The van der Waals surface area contributed by atoms with Gasteiger partial charge in [0.05, 0.1) is 6.61 Å². The van der Waals surface area contributed by atoms with Gasteiger partial charge < -0.3 is 9.47 Å². The fourth-order valence-corrected chi connectivity index (χ4v) is 1.62. The second-order valence-electron chi connectivity index (χ2n) is 3.42. The highest BCUT2D eigenvalue weighted by Crippen LogP contribution is 2.20. The maximum absolute atomic E-state index is 6.06. The molecule has 0 unspecified atom stereocenters. The van der Waals surface area contributed by atoms with Gasteiger partial charge in [-0.25, -0.2) is 9.97 Å². The van der Waals surface area contributed by atoms with Gasteiger partial charge in [0.15, 0.2) is 5.82 Å². The molecule has 0 aliphatic heterocycles. The molecule has 0 saturated carbocycles. The second-order valence-corrected chi connectivity index (χ2v) is 3.78. The van der Waals surface area contributed by atoms with E-state index < -0.39 is 0 Å². The first kappa shape index (κ1) is 13.4. The smallest absolute Gasteiger partial charge is 0.158 e. The number of ether oxygens (including phenoxy) is 2. The van der Waals surface area contributed by atoms with Crippen LogP contribution in [0.5, 0.6) is 0 Å². The van der Waals surface area contributed by atoms with Crippen molar-refractivity contribution in [1.82, 2.24) is 9.97 Å². The average molecular weight is 245 g/mol. The van der Waals surface area contributed by atoms with Gasteiger partial charge in [0.1, 0.15) is 11.3 Å². The molecule has 0 aliphatic rings. The normalized spacial score (nSPS) is 12.8. The lowest BCUT2D eigenvalue weighted by Gasteiger charge is -2.12. The van der Waals surface area contributed by atoms with Gasteiger partial charge in [-0.15, -0.1) is 0 Å². The zero-order valence-corrected chi connectivity index (χ0v) is 10.6.